The first-order chi connectivity index (χ1) is 14.5. The molecule has 2 aromatic carbocycles. The van der Waals surface area contributed by atoms with Gasteiger partial charge in [0.2, 0.25) is 5.78 Å². The predicted molar refractivity (Wildman–Crippen MR) is 115 cm³/mol. The maximum atomic E-state index is 12.1. The molecule has 0 aliphatic heterocycles. The summed E-state index contributed by atoms with van der Waals surface area (Å²) in [6, 6.07) is 16.7. The molecule has 0 atom stereocenters. The number of nitrogens with one attached hydrogen (secondary N) is 1. The van der Waals surface area contributed by atoms with Gasteiger partial charge < -0.3 is 14.8 Å². The lowest BCUT2D eigenvalue weighted by molar-refractivity contribution is -0.124. The fourth-order valence-electron chi connectivity index (χ4n) is 2.62. The first-order valence-corrected chi connectivity index (χ1v) is 10.4. The first-order valence-electron chi connectivity index (χ1n) is 9.39. The molecule has 0 saturated carbocycles. The second-order valence-corrected chi connectivity index (χ2v) is 7.62. The number of rotatable bonds is 9. The van der Waals surface area contributed by atoms with Gasteiger partial charge in [0.05, 0.1) is 10.6 Å². The van der Waals surface area contributed by atoms with Gasteiger partial charge in [0.1, 0.15) is 18.1 Å². The highest BCUT2D eigenvalue weighted by Gasteiger charge is 2.21. The van der Waals surface area contributed by atoms with Crippen LogP contribution in [0, 0.1) is 0 Å². The minimum atomic E-state index is -0.521. The van der Waals surface area contributed by atoms with Crippen LogP contribution in [-0.2, 0) is 21.0 Å². The van der Waals surface area contributed by atoms with Gasteiger partial charge in [0.25, 0.3) is 5.91 Å². The zero-order valence-electron chi connectivity index (χ0n) is 16.4. The van der Waals surface area contributed by atoms with Gasteiger partial charge in [-0.3, -0.25) is 14.4 Å². The SMILES string of the molecule is CCSC1=CC(=O)C(NC(=O)COc2ccc(OCc3ccccc3)cc2)=CC1=O. The van der Waals surface area contributed by atoms with Crippen LogP contribution in [0.25, 0.3) is 0 Å². The summed E-state index contributed by atoms with van der Waals surface area (Å²) >= 11 is 1.29. The van der Waals surface area contributed by atoms with E-state index in [1.807, 2.05) is 37.3 Å². The van der Waals surface area contributed by atoms with Crippen LogP contribution in [0.4, 0.5) is 0 Å². The van der Waals surface area contributed by atoms with E-state index in [4.69, 9.17) is 9.47 Å². The van der Waals surface area contributed by atoms with Crippen molar-refractivity contribution in [1.82, 2.24) is 5.32 Å². The van der Waals surface area contributed by atoms with E-state index in [1.165, 1.54) is 17.8 Å². The minimum absolute atomic E-state index is 0.0429. The lowest BCUT2D eigenvalue weighted by Crippen LogP contribution is -2.33. The van der Waals surface area contributed by atoms with Crippen molar-refractivity contribution in [2.75, 3.05) is 12.4 Å². The van der Waals surface area contributed by atoms with Crippen molar-refractivity contribution in [3.63, 3.8) is 0 Å². The highest BCUT2D eigenvalue weighted by atomic mass is 32.2. The molecule has 0 fully saturated rings. The van der Waals surface area contributed by atoms with Crippen molar-refractivity contribution in [3.05, 3.63) is 82.9 Å². The number of carbonyl (C=O) groups is 3. The Morgan fingerprint density at radius 3 is 2.23 bits per heavy atom. The van der Waals surface area contributed by atoms with Crippen LogP contribution in [0.2, 0.25) is 0 Å². The molecule has 30 heavy (non-hydrogen) atoms. The third-order valence-corrected chi connectivity index (χ3v) is 4.98. The van der Waals surface area contributed by atoms with E-state index < -0.39 is 11.7 Å². The van der Waals surface area contributed by atoms with E-state index in [1.54, 1.807) is 24.3 Å². The number of benzene rings is 2. The van der Waals surface area contributed by atoms with Crippen molar-refractivity contribution < 1.29 is 23.9 Å². The van der Waals surface area contributed by atoms with Crippen LogP contribution in [0.3, 0.4) is 0 Å². The number of ketones is 2. The summed E-state index contributed by atoms with van der Waals surface area (Å²) in [5.74, 6) is 0.637. The van der Waals surface area contributed by atoms with Crippen LogP contribution < -0.4 is 14.8 Å². The van der Waals surface area contributed by atoms with Crippen LogP contribution in [0.15, 0.2) is 77.4 Å². The number of amides is 1. The molecule has 0 bridgehead atoms. The average Bonchev–Trinajstić information content (AvgIpc) is 2.76. The second-order valence-electron chi connectivity index (χ2n) is 6.31. The molecule has 0 unspecified atom stereocenters. The molecule has 1 amide bonds. The van der Waals surface area contributed by atoms with Gasteiger partial charge in [-0.2, -0.15) is 0 Å². The Hall–Kier alpha value is -3.32. The largest absolute Gasteiger partial charge is 0.489 e. The van der Waals surface area contributed by atoms with Crippen molar-refractivity contribution in [2.45, 2.75) is 13.5 Å². The molecule has 0 saturated heterocycles. The highest BCUT2D eigenvalue weighted by molar-refractivity contribution is 8.04. The first kappa shape index (κ1) is 21.4. The highest BCUT2D eigenvalue weighted by Crippen LogP contribution is 2.22. The molecular weight excluding hydrogens is 402 g/mol. The van der Waals surface area contributed by atoms with Gasteiger partial charge in [0, 0.05) is 12.2 Å². The van der Waals surface area contributed by atoms with Crippen LogP contribution in [0.1, 0.15) is 12.5 Å². The Morgan fingerprint density at radius 2 is 1.57 bits per heavy atom. The smallest absolute Gasteiger partial charge is 0.262 e. The van der Waals surface area contributed by atoms with Crippen LogP contribution in [0.5, 0.6) is 11.5 Å². The molecule has 1 aliphatic carbocycles. The Bertz CT molecular complexity index is 980. The summed E-state index contributed by atoms with van der Waals surface area (Å²) in [4.78, 5) is 36.5. The molecular formula is C23H21NO5S. The van der Waals surface area contributed by atoms with Gasteiger partial charge >= 0.3 is 0 Å². The molecule has 1 N–H and O–H groups in total. The number of hydrogen-bond acceptors (Lipinski definition) is 6. The summed E-state index contributed by atoms with van der Waals surface area (Å²) in [5, 5.41) is 2.43. The van der Waals surface area contributed by atoms with Crippen molar-refractivity contribution in [1.29, 1.82) is 0 Å². The van der Waals surface area contributed by atoms with Gasteiger partial charge in [-0.1, -0.05) is 37.3 Å². The fourth-order valence-corrected chi connectivity index (χ4v) is 3.32. The molecule has 0 radical (unpaired) electrons. The maximum absolute atomic E-state index is 12.1. The van der Waals surface area contributed by atoms with Crippen LogP contribution in [-0.4, -0.2) is 29.8 Å². The average molecular weight is 423 g/mol. The molecule has 3 rings (SSSR count). The summed E-state index contributed by atoms with van der Waals surface area (Å²) in [6.07, 6.45) is 2.40. The Labute approximate surface area is 179 Å². The summed E-state index contributed by atoms with van der Waals surface area (Å²) in [6.45, 7) is 2.06. The number of allylic oxidation sites excluding steroid dienone is 3. The van der Waals surface area contributed by atoms with Gasteiger partial charge in [0.15, 0.2) is 12.4 Å². The molecule has 0 aromatic heterocycles. The standard InChI is InChI=1S/C23H21NO5S/c1-2-30-22-13-20(25)19(12-21(22)26)24-23(27)15-29-18-10-8-17(9-11-18)28-14-16-6-4-3-5-7-16/h3-13H,2,14-15H2,1H3,(H,24,27). The molecule has 154 valence electrons. The van der Waals surface area contributed by atoms with E-state index in [2.05, 4.69) is 5.32 Å². The molecule has 2 aromatic rings. The number of hydrogen-bond donors (Lipinski definition) is 1. The van der Waals surface area contributed by atoms with E-state index in [-0.39, 0.29) is 18.1 Å². The van der Waals surface area contributed by atoms with Crippen molar-refractivity contribution in [2.24, 2.45) is 0 Å². The summed E-state index contributed by atoms with van der Waals surface area (Å²) < 4.78 is 11.1. The maximum Gasteiger partial charge on any atom is 0.262 e. The Balaban J connectivity index is 1.46. The van der Waals surface area contributed by atoms with Crippen molar-refractivity contribution in [3.8, 4) is 11.5 Å². The Morgan fingerprint density at radius 1 is 0.900 bits per heavy atom. The third kappa shape index (κ3) is 6.09. The summed E-state index contributed by atoms with van der Waals surface area (Å²) in [5.41, 5.74) is 1.02. The van der Waals surface area contributed by atoms with Gasteiger partial charge in [-0.25, -0.2) is 0 Å². The number of thioether (sulfide) groups is 1. The zero-order valence-corrected chi connectivity index (χ0v) is 17.2. The fraction of sp³-hybridized carbons (Fsp3) is 0.174. The zero-order chi connectivity index (χ0) is 21.3. The molecule has 1 aliphatic rings. The molecule has 7 heteroatoms. The van der Waals surface area contributed by atoms with E-state index in [0.717, 1.165) is 11.6 Å². The minimum Gasteiger partial charge on any atom is -0.489 e. The van der Waals surface area contributed by atoms with E-state index in [0.29, 0.717) is 28.8 Å². The molecule has 0 spiro atoms. The second kappa shape index (κ2) is 10.5. The van der Waals surface area contributed by atoms with Crippen molar-refractivity contribution >= 4 is 29.2 Å². The lowest BCUT2D eigenvalue weighted by Gasteiger charge is -2.13. The third-order valence-electron chi connectivity index (χ3n) is 4.06. The topological polar surface area (TPSA) is 81.7 Å². The van der Waals surface area contributed by atoms with E-state index in [9.17, 15) is 14.4 Å². The number of ether oxygens (including phenoxy) is 2. The Kier molecular flexibility index (Phi) is 7.45. The van der Waals surface area contributed by atoms with Gasteiger partial charge in [-0.15, -0.1) is 11.8 Å². The van der Waals surface area contributed by atoms with Crippen LogP contribution >= 0.6 is 11.8 Å². The quantitative estimate of drug-likeness (QED) is 0.623. The van der Waals surface area contributed by atoms with E-state index >= 15 is 0 Å². The van der Waals surface area contributed by atoms with Gasteiger partial charge in [-0.05, 0) is 35.6 Å². The molecule has 0 heterocycles. The number of carbonyl (C=O) groups excluding carboxylic acids is 3. The predicted octanol–water partition coefficient (Wildman–Crippen LogP) is 3.43. The summed E-state index contributed by atoms with van der Waals surface area (Å²) in [7, 11) is 0. The normalized spacial score (nSPS) is 13.4. The monoisotopic (exact) mass is 423 g/mol. The molecule has 6 nitrogen and oxygen atoms in total. The lowest BCUT2D eigenvalue weighted by atomic mass is 10.1.